The zero-order valence-electron chi connectivity index (χ0n) is 13.2. The normalized spacial score (nSPS) is 11.4. The van der Waals surface area contributed by atoms with E-state index >= 15 is 0 Å². The van der Waals surface area contributed by atoms with Crippen LogP contribution in [0.3, 0.4) is 0 Å². The molecule has 0 unspecified atom stereocenters. The number of ether oxygens (including phenoxy) is 1. The van der Waals surface area contributed by atoms with Gasteiger partial charge in [-0.1, -0.05) is 41.9 Å². The van der Waals surface area contributed by atoms with Crippen LogP contribution in [-0.4, -0.2) is 21.0 Å². The molecule has 2 aromatic carbocycles. The van der Waals surface area contributed by atoms with E-state index in [4.69, 9.17) is 16.3 Å². The molecule has 1 aromatic heterocycles. The number of esters is 1. The number of para-hydroxylation sites is 1. The van der Waals surface area contributed by atoms with Crippen molar-refractivity contribution in [3.63, 3.8) is 0 Å². The second kappa shape index (κ2) is 7.03. The van der Waals surface area contributed by atoms with Crippen molar-refractivity contribution in [2.24, 2.45) is 0 Å². The van der Waals surface area contributed by atoms with E-state index in [1.807, 2.05) is 0 Å². The Balaban J connectivity index is 2.17. The third-order valence-electron chi connectivity index (χ3n) is 3.40. The van der Waals surface area contributed by atoms with Gasteiger partial charge in [0.15, 0.2) is 0 Å². The molecule has 3 aromatic rings. The number of hydrogen-bond donors (Lipinski definition) is 1. The molecule has 0 aliphatic heterocycles. The molecular formula is C17H14ClNO4S2. The van der Waals surface area contributed by atoms with E-state index in [9.17, 15) is 13.2 Å². The largest absolute Gasteiger partial charge is 0.462 e. The summed E-state index contributed by atoms with van der Waals surface area (Å²) >= 11 is 7.13. The summed E-state index contributed by atoms with van der Waals surface area (Å²) in [6.07, 6.45) is 0. The van der Waals surface area contributed by atoms with Crippen molar-refractivity contribution in [3.05, 3.63) is 58.4 Å². The number of halogens is 1. The van der Waals surface area contributed by atoms with Gasteiger partial charge in [0.1, 0.15) is 9.77 Å². The molecule has 1 N–H and O–H groups in total. The smallest absolute Gasteiger partial charge is 0.349 e. The number of hydrogen-bond acceptors (Lipinski definition) is 5. The fourth-order valence-corrected chi connectivity index (χ4v) is 5.47. The van der Waals surface area contributed by atoms with Crippen LogP contribution < -0.4 is 4.72 Å². The summed E-state index contributed by atoms with van der Waals surface area (Å²) in [6.45, 7) is 1.83. The topological polar surface area (TPSA) is 72.5 Å². The van der Waals surface area contributed by atoms with E-state index in [-0.39, 0.29) is 27.1 Å². The van der Waals surface area contributed by atoms with E-state index in [1.54, 1.807) is 55.5 Å². The van der Waals surface area contributed by atoms with Crippen LogP contribution in [-0.2, 0) is 14.8 Å². The standard InChI is InChI=1S/C17H14ClNO4S2/c1-2-23-17(20)15-16(11-7-3-6-10-14(11)24-15)25(21,22)19-13-9-5-4-8-12(13)18/h3-10,19H,2H2,1H3. The SMILES string of the molecule is CCOC(=O)c1sc2ccccc2c1S(=O)(=O)Nc1ccccc1Cl. The molecule has 1 heterocycles. The number of carbonyl (C=O) groups excluding carboxylic acids is 1. The molecule has 0 aliphatic rings. The molecule has 0 atom stereocenters. The van der Waals surface area contributed by atoms with E-state index in [2.05, 4.69) is 4.72 Å². The Kier molecular flexibility index (Phi) is 4.99. The zero-order chi connectivity index (χ0) is 18.0. The second-order valence-electron chi connectivity index (χ2n) is 5.06. The first-order chi connectivity index (χ1) is 11.9. The lowest BCUT2D eigenvalue weighted by Crippen LogP contribution is -2.16. The quantitative estimate of drug-likeness (QED) is 0.644. The third-order valence-corrected chi connectivity index (χ3v) is 6.46. The van der Waals surface area contributed by atoms with E-state index in [0.717, 1.165) is 11.3 Å². The van der Waals surface area contributed by atoms with Crippen LogP contribution in [0.1, 0.15) is 16.6 Å². The minimum absolute atomic E-state index is 0.0441. The van der Waals surface area contributed by atoms with Crippen LogP contribution >= 0.6 is 22.9 Å². The molecule has 0 aliphatic carbocycles. The maximum atomic E-state index is 13.0. The van der Waals surface area contributed by atoms with Gasteiger partial charge >= 0.3 is 5.97 Å². The molecule has 0 spiro atoms. The zero-order valence-corrected chi connectivity index (χ0v) is 15.5. The summed E-state index contributed by atoms with van der Waals surface area (Å²) in [5.74, 6) is -0.664. The maximum absolute atomic E-state index is 13.0. The van der Waals surface area contributed by atoms with E-state index in [0.29, 0.717) is 10.1 Å². The monoisotopic (exact) mass is 395 g/mol. The molecule has 25 heavy (non-hydrogen) atoms. The van der Waals surface area contributed by atoms with Crippen molar-refractivity contribution in [2.45, 2.75) is 11.8 Å². The van der Waals surface area contributed by atoms with Gasteiger partial charge in [-0.05, 0) is 25.1 Å². The third kappa shape index (κ3) is 3.49. The summed E-state index contributed by atoms with van der Waals surface area (Å²) < 4.78 is 34.1. The van der Waals surface area contributed by atoms with Gasteiger partial charge in [0.25, 0.3) is 10.0 Å². The first kappa shape index (κ1) is 17.7. The van der Waals surface area contributed by atoms with Gasteiger partial charge in [0.2, 0.25) is 0 Å². The lowest BCUT2D eigenvalue weighted by molar-refractivity contribution is 0.0528. The Hall–Kier alpha value is -2.09. The summed E-state index contributed by atoms with van der Waals surface area (Å²) in [4.78, 5) is 12.2. The lowest BCUT2D eigenvalue weighted by atomic mass is 10.2. The fraction of sp³-hybridized carbons (Fsp3) is 0.118. The van der Waals surface area contributed by atoms with Crippen LogP contribution in [0.15, 0.2) is 53.4 Å². The van der Waals surface area contributed by atoms with Crippen LogP contribution in [0.25, 0.3) is 10.1 Å². The van der Waals surface area contributed by atoms with Crippen molar-refractivity contribution in [1.82, 2.24) is 0 Å². The minimum Gasteiger partial charge on any atom is -0.462 e. The first-order valence-corrected chi connectivity index (χ1v) is 10.1. The maximum Gasteiger partial charge on any atom is 0.349 e. The fourth-order valence-electron chi connectivity index (χ4n) is 2.36. The number of thiophene rings is 1. The van der Waals surface area contributed by atoms with Gasteiger partial charge in [-0.3, -0.25) is 4.72 Å². The highest BCUT2D eigenvalue weighted by molar-refractivity contribution is 7.93. The molecule has 8 heteroatoms. The van der Waals surface area contributed by atoms with Gasteiger partial charge in [-0.2, -0.15) is 0 Å². The van der Waals surface area contributed by atoms with E-state index < -0.39 is 16.0 Å². The number of fused-ring (bicyclic) bond motifs is 1. The number of nitrogens with one attached hydrogen (secondary N) is 1. The number of sulfonamides is 1. The van der Waals surface area contributed by atoms with Crippen LogP contribution in [0, 0.1) is 0 Å². The molecule has 3 rings (SSSR count). The summed E-state index contributed by atoms with van der Waals surface area (Å²) in [7, 11) is -4.04. The number of carbonyl (C=O) groups is 1. The Morgan fingerprint density at radius 1 is 1.16 bits per heavy atom. The lowest BCUT2D eigenvalue weighted by Gasteiger charge is -2.10. The number of anilines is 1. The van der Waals surface area contributed by atoms with Crippen LogP contribution in [0.4, 0.5) is 5.69 Å². The molecule has 0 radical (unpaired) electrons. The average Bonchev–Trinajstić information content (AvgIpc) is 2.97. The van der Waals surface area contributed by atoms with Gasteiger partial charge in [0.05, 0.1) is 17.3 Å². The van der Waals surface area contributed by atoms with Crippen LogP contribution in [0.5, 0.6) is 0 Å². The Labute approximate surface area is 154 Å². The summed E-state index contributed by atoms with van der Waals surface area (Å²) in [5.41, 5.74) is 0.245. The van der Waals surface area contributed by atoms with Gasteiger partial charge in [-0.25, -0.2) is 13.2 Å². The first-order valence-electron chi connectivity index (χ1n) is 7.40. The predicted molar refractivity (Wildman–Crippen MR) is 100 cm³/mol. The van der Waals surface area contributed by atoms with Gasteiger partial charge in [-0.15, -0.1) is 11.3 Å². The predicted octanol–water partition coefficient (Wildman–Crippen LogP) is 4.53. The summed E-state index contributed by atoms with van der Waals surface area (Å²) in [6, 6.07) is 13.4. The molecule has 0 amide bonds. The minimum atomic E-state index is -4.04. The molecule has 0 saturated carbocycles. The average molecular weight is 396 g/mol. The molecule has 5 nitrogen and oxygen atoms in total. The highest BCUT2D eigenvalue weighted by Crippen LogP contribution is 2.36. The molecular weight excluding hydrogens is 382 g/mol. The number of rotatable bonds is 5. The second-order valence-corrected chi connectivity index (χ2v) is 8.14. The van der Waals surface area contributed by atoms with Crippen LogP contribution in [0.2, 0.25) is 5.02 Å². The van der Waals surface area contributed by atoms with Crippen molar-refractivity contribution in [3.8, 4) is 0 Å². The molecule has 0 fully saturated rings. The van der Waals surface area contributed by atoms with Crippen molar-refractivity contribution >= 4 is 54.7 Å². The molecule has 130 valence electrons. The summed E-state index contributed by atoms with van der Waals surface area (Å²) in [5, 5.41) is 0.735. The van der Waals surface area contributed by atoms with Gasteiger partial charge < -0.3 is 4.74 Å². The van der Waals surface area contributed by atoms with Crippen molar-refractivity contribution in [1.29, 1.82) is 0 Å². The van der Waals surface area contributed by atoms with E-state index in [1.165, 1.54) is 0 Å². The van der Waals surface area contributed by atoms with Crippen molar-refractivity contribution < 1.29 is 17.9 Å². The molecule has 0 bridgehead atoms. The van der Waals surface area contributed by atoms with Gasteiger partial charge in [0, 0.05) is 10.1 Å². The highest BCUT2D eigenvalue weighted by atomic mass is 35.5. The Morgan fingerprint density at radius 3 is 2.56 bits per heavy atom. The van der Waals surface area contributed by atoms with Crippen molar-refractivity contribution in [2.75, 3.05) is 11.3 Å². The number of benzene rings is 2. The Morgan fingerprint density at radius 2 is 1.84 bits per heavy atom. The molecule has 0 saturated heterocycles. The highest BCUT2D eigenvalue weighted by Gasteiger charge is 2.29. The Bertz CT molecular complexity index is 1040.